The quantitative estimate of drug-likeness (QED) is 0.322. The molecular weight excluding hydrogens is 238 g/mol. The Morgan fingerprint density at radius 1 is 1.47 bits per heavy atom. The van der Waals surface area contributed by atoms with Crippen molar-refractivity contribution in [3.05, 3.63) is 41.4 Å². The summed E-state index contributed by atoms with van der Waals surface area (Å²) in [6.45, 7) is 3.65. The zero-order valence-electron chi connectivity index (χ0n) is 9.18. The SMILES string of the molecule is C=CCc1ccc(NC(=N)NC(=N)N)c(Cl)c1. The molecule has 0 atom stereocenters. The molecule has 0 heterocycles. The van der Waals surface area contributed by atoms with Crippen LogP contribution in [0.4, 0.5) is 5.69 Å². The highest BCUT2D eigenvalue weighted by Gasteiger charge is 2.04. The number of benzene rings is 1. The molecule has 1 aromatic carbocycles. The molecule has 17 heavy (non-hydrogen) atoms. The molecule has 0 saturated heterocycles. The summed E-state index contributed by atoms with van der Waals surface area (Å²) in [5.41, 5.74) is 6.72. The van der Waals surface area contributed by atoms with Gasteiger partial charge in [0.05, 0.1) is 10.7 Å². The van der Waals surface area contributed by atoms with E-state index in [1.807, 2.05) is 6.07 Å². The van der Waals surface area contributed by atoms with Crippen molar-refractivity contribution in [1.82, 2.24) is 5.32 Å². The Balaban J connectivity index is 2.75. The van der Waals surface area contributed by atoms with E-state index in [2.05, 4.69) is 17.2 Å². The van der Waals surface area contributed by atoms with Crippen LogP contribution in [-0.2, 0) is 6.42 Å². The van der Waals surface area contributed by atoms with Crippen molar-refractivity contribution >= 4 is 29.2 Å². The van der Waals surface area contributed by atoms with Crippen molar-refractivity contribution in [2.45, 2.75) is 6.42 Å². The Labute approximate surface area is 105 Å². The van der Waals surface area contributed by atoms with Gasteiger partial charge in [-0.2, -0.15) is 0 Å². The van der Waals surface area contributed by atoms with Gasteiger partial charge in [-0.1, -0.05) is 23.7 Å². The first-order valence-corrected chi connectivity index (χ1v) is 5.26. The van der Waals surface area contributed by atoms with Crippen LogP contribution in [0.15, 0.2) is 30.9 Å². The standard InChI is InChI=1S/C11H14ClN5/c1-2-3-7-4-5-9(8(12)6-7)16-11(15)17-10(13)14/h2,4-6H,1,3H2,(H6,13,14,15,16,17). The molecule has 0 spiro atoms. The zero-order valence-corrected chi connectivity index (χ0v) is 9.93. The third-order valence-electron chi connectivity index (χ3n) is 1.93. The minimum Gasteiger partial charge on any atom is -0.370 e. The van der Waals surface area contributed by atoms with E-state index in [1.165, 1.54) is 0 Å². The van der Waals surface area contributed by atoms with Crippen molar-refractivity contribution in [1.29, 1.82) is 10.8 Å². The summed E-state index contributed by atoms with van der Waals surface area (Å²) < 4.78 is 0. The monoisotopic (exact) mass is 251 g/mol. The first kappa shape index (κ1) is 13.1. The Bertz CT molecular complexity index is 455. The Kier molecular flexibility index (Phi) is 4.54. The normalized spacial score (nSPS) is 9.47. The van der Waals surface area contributed by atoms with E-state index in [4.69, 9.17) is 28.2 Å². The van der Waals surface area contributed by atoms with Crippen LogP contribution in [0.5, 0.6) is 0 Å². The number of anilines is 1. The van der Waals surface area contributed by atoms with Crippen molar-refractivity contribution in [2.24, 2.45) is 5.73 Å². The fraction of sp³-hybridized carbons (Fsp3) is 0.0909. The maximum atomic E-state index is 7.47. The van der Waals surface area contributed by atoms with Crippen LogP contribution in [0, 0.1) is 10.8 Å². The molecule has 0 fully saturated rings. The minimum atomic E-state index is -0.304. The summed E-state index contributed by atoms with van der Waals surface area (Å²) in [6.07, 6.45) is 2.53. The average Bonchev–Trinajstić information content (AvgIpc) is 2.21. The van der Waals surface area contributed by atoms with Crippen LogP contribution in [0.3, 0.4) is 0 Å². The highest BCUT2D eigenvalue weighted by Crippen LogP contribution is 2.23. The molecule has 0 aromatic heterocycles. The number of guanidine groups is 2. The number of hydrogen-bond acceptors (Lipinski definition) is 2. The maximum Gasteiger partial charge on any atom is 0.199 e. The van der Waals surface area contributed by atoms with Gasteiger partial charge in [0.15, 0.2) is 11.9 Å². The summed E-state index contributed by atoms with van der Waals surface area (Å²) in [5.74, 6) is -0.405. The molecule has 0 aliphatic carbocycles. The van der Waals surface area contributed by atoms with Crippen molar-refractivity contribution in [3.63, 3.8) is 0 Å². The Morgan fingerprint density at radius 3 is 2.71 bits per heavy atom. The predicted molar refractivity (Wildman–Crippen MR) is 71.8 cm³/mol. The van der Waals surface area contributed by atoms with Crippen molar-refractivity contribution < 1.29 is 0 Å². The average molecular weight is 252 g/mol. The van der Waals surface area contributed by atoms with Crippen LogP contribution in [-0.4, -0.2) is 11.9 Å². The molecule has 0 unspecified atom stereocenters. The van der Waals surface area contributed by atoms with Gasteiger partial charge in [0, 0.05) is 0 Å². The number of halogens is 1. The second-order valence-corrected chi connectivity index (χ2v) is 3.75. The second-order valence-electron chi connectivity index (χ2n) is 3.35. The van der Waals surface area contributed by atoms with Crippen LogP contribution in [0.1, 0.15) is 5.56 Å². The number of nitrogens with two attached hydrogens (primary N) is 1. The van der Waals surface area contributed by atoms with Gasteiger partial charge in [-0.3, -0.25) is 16.1 Å². The van der Waals surface area contributed by atoms with Gasteiger partial charge in [0.1, 0.15) is 0 Å². The molecule has 0 aliphatic heterocycles. The third kappa shape index (κ3) is 4.16. The molecule has 1 aromatic rings. The predicted octanol–water partition coefficient (Wildman–Crippen LogP) is 1.90. The fourth-order valence-corrected chi connectivity index (χ4v) is 1.50. The molecule has 0 amide bonds. The van der Waals surface area contributed by atoms with Gasteiger partial charge >= 0.3 is 0 Å². The van der Waals surface area contributed by atoms with Crippen molar-refractivity contribution in [3.8, 4) is 0 Å². The van der Waals surface area contributed by atoms with Gasteiger partial charge in [-0.15, -0.1) is 6.58 Å². The van der Waals surface area contributed by atoms with Crippen LogP contribution in [0.25, 0.3) is 0 Å². The number of hydrogen-bond donors (Lipinski definition) is 5. The lowest BCUT2D eigenvalue weighted by Gasteiger charge is -2.11. The molecule has 0 bridgehead atoms. The molecular formula is C11H14ClN5. The van der Waals surface area contributed by atoms with E-state index in [-0.39, 0.29) is 11.9 Å². The molecule has 1 rings (SSSR count). The summed E-state index contributed by atoms with van der Waals surface area (Å²) in [7, 11) is 0. The van der Waals surface area contributed by atoms with Crippen LogP contribution >= 0.6 is 11.6 Å². The second kappa shape index (κ2) is 5.91. The van der Waals surface area contributed by atoms with Crippen LogP contribution < -0.4 is 16.4 Å². The van der Waals surface area contributed by atoms with E-state index < -0.39 is 0 Å². The lowest BCUT2D eigenvalue weighted by Crippen LogP contribution is -2.39. The van der Waals surface area contributed by atoms with E-state index in [1.54, 1.807) is 18.2 Å². The summed E-state index contributed by atoms with van der Waals surface area (Å²) >= 11 is 6.04. The molecule has 90 valence electrons. The highest BCUT2D eigenvalue weighted by molar-refractivity contribution is 6.33. The smallest absolute Gasteiger partial charge is 0.199 e. The first-order valence-electron chi connectivity index (χ1n) is 4.89. The molecule has 0 radical (unpaired) electrons. The molecule has 6 N–H and O–H groups in total. The van der Waals surface area contributed by atoms with Gasteiger partial charge in [0.25, 0.3) is 0 Å². The van der Waals surface area contributed by atoms with Crippen molar-refractivity contribution in [2.75, 3.05) is 5.32 Å². The largest absolute Gasteiger partial charge is 0.370 e. The molecule has 5 nitrogen and oxygen atoms in total. The summed E-state index contributed by atoms with van der Waals surface area (Å²) in [4.78, 5) is 0. The summed E-state index contributed by atoms with van der Waals surface area (Å²) in [5, 5.41) is 20.0. The lowest BCUT2D eigenvalue weighted by molar-refractivity contribution is 1.20. The van der Waals surface area contributed by atoms with E-state index >= 15 is 0 Å². The van der Waals surface area contributed by atoms with Gasteiger partial charge in [0.2, 0.25) is 0 Å². The van der Waals surface area contributed by atoms with E-state index in [0.717, 1.165) is 12.0 Å². The topological polar surface area (TPSA) is 97.8 Å². The zero-order chi connectivity index (χ0) is 12.8. The highest BCUT2D eigenvalue weighted by atomic mass is 35.5. The van der Waals surface area contributed by atoms with E-state index in [0.29, 0.717) is 10.7 Å². The molecule has 0 aliphatic rings. The Hall–Kier alpha value is -2.01. The number of nitrogens with one attached hydrogen (secondary N) is 4. The maximum absolute atomic E-state index is 7.47. The third-order valence-corrected chi connectivity index (χ3v) is 2.25. The minimum absolute atomic E-state index is 0.101. The van der Waals surface area contributed by atoms with Crippen LogP contribution in [0.2, 0.25) is 5.02 Å². The first-order chi connectivity index (χ1) is 8.02. The number of allylic oxidation sites excluding steroid dienone is 1. The van der Waals surface area contributed by atoms with Gasteiger partial charge in [-0.25, -0.2) is 0 Å². The summed E-state index contributed by atoms with van der Waals surface area (Å²) in [6, 6.07) is 5.45. The molecule has 6 heteroatoms. The van der Waals surface area contributed by atoms with Gasteiger partial charge in [-0.05, 0) is 24.1 Å². The number of rotatable bonds is 3. The molecule has 0 saturated carbocycles. The van der Waals surface area contributed by atoms with Gasteiger partial charge < -0.3 is 11.1 Å². The Morgan fingerprint density at radius 2 is 2.18 bits per heavy atom. The van der Waals surface area contributed by atoms with E-state index in [9.17, 15) is 0 Å². The fourth-order valence-electron chi connectivity index (χ4n) is 1.25. The lowest BCUT2D eigenvalue weighted by atomic mass is 10.1.